The Morgan fingerprint density at radius 2 is 2.33 bits per heavy atom. The molecule has 1 N–H and O–H groups in total. The summed E-state index contributed by atoms with van der Waals surface area (Å²) in [4.78, 5) is 2.44. The molecule has 0 aromatic heterocycles. The van der Waals surface area contributed by atoms with E-state index in [1.54, 1.807) is 7.11 Å². The SMILES string of the molecule is CCC1CN(c2cc(Br)ccc2CNCCOC)CCO1. The molecule has 21 heavy (non-hydrogen) atoms. The lowest BCUT2D eigenvalue weighted by atomic mass is 10.1. The van der Waals surface area contributed by atoms with E-state index in [2.05, 4.69) is 51.3 Å². The molecule has 1 aromatic rings. The van der Waals surface area contributed by atoms with Gasteiger partial charge in [-0.05, 0) is 24.1 Å². The predicted molar refractivity (Wildman–Crippen MR) is 90.0 cm³/mol. The Morgan fingerprint density at radius 1 is 1.48 bits per heavy atom. The summed E-state index contributed by atoms with van der Waals surface area (Å²) in [6, 6.07) is 6.51. The number of nitrogens with one attached hydrogen (secondary N) is 1. The summed E-state index contributed by atoms with van der Waals surface area (Å²) in [7, 11) is 1.73. The number of morpholine rings is 1. The minimum absolute atomic E-state index is 0.340. The fraction of sp³-hybridized carbons (Fsp3) is 0.625. The molecule has 0 saturated carbocycles. The van der Waals surface area contributed by atoms with Crippen molar-refractivity contribution in [2.45, 2.75) is 26.0 Å². The van der Waals surface area contributed by atoms with Crippen molar-refractivity contribution in [1.82, 2.24) is 5.32 Å². The number of hydrogen-bond donors (Lipinski definition) is 1. The van der Waals surface area contributed by atoms with E-state index in [0.717, 1.165) is 50.3 Å². The second kappa shape index (κ2) is 8.73. The van der Waals surface area contributed by atoms with Gasteiger partial charge in [0.15, 0.2) is 0 Å². The number of anilines is 1. The van der Waals surface area contributed by atoms with Gasteiger partial charge in [-0.15, -0.1) is 0 Å². The number of methoxy groups -OCH3 is 1. The lowest BCUT2D eigenvalue weighted by Crippen LogP contribution is -2.42. The molecule has 4 nitrogen and oxygen atoms in total. The first-order chi connectivity index (χ1) is 10.2. The van der Waals surface area contributed by atoms with Crippen LogP contribution in [0.1, 0.15) is 18.9 Å². The van der Waals surface area contributed by atoms with Gasteiger partial charge in [0.2, 0.25) is 0 Å². The molecule has 0 radical (unpaired) electrons. The van der Waals surface area contributed by atoms with Crippen LogP contribution >= 0.6 is 15.9 Å². The quantitative estimate of drug-likeness (QED) is 0.761. The van der Waals surface area contributed by atoms with Gasteiger partial charge in [-0.2, -0.15) is 0 Å². The molecule has 0 aliphatic carbocycles. The van der Waals surface area contributed by atoms with Crippen LogP contribution in [0.2, 0.25) is 0 Å². The Hall–Kier alpha value is -0.620. The van der Waals surface area contributed by atoms with Crippen molar-refractivity contribution in [2.75, 3.05) is 44.9 Å². The Kier molecular flexibility index (Phi) is 6.96. The predicted octanol–water partition coefficient (Wildman–Crippen LogP) is 2.80. The summed E-state index contributed by atoms with van der Waals surface area (Å²) < 4.78 is 12.0. The van der Waals surface area contributed by atoms with Crippen molar-refractivity contribution in [2.24, 2.45) is 0 Å². The van der Waals surface area contributed by atoms with Gasteiger partial charge in [-0.1, -0.05) is 28.9 Å². The molecule has 2 rings (SSSR count). The highest BCUT2D eigenvalue weighted by Crippen LogP contribution is 2.27. The fourth-order valence-corrected chi connectivity index (χ4v) is 2.91. The zero-order valence-corrected chi connectivity index (χ0v) is 14.5. The van der Waals surface area contributed by atoms with Crippen LogP contribution < -0.4 is 10.2 Å². The van der Waals surface area contributed by atoms with E-state index in [-0.39, 0.29) is 0 Å². The molecular formula is C16H25BrN2O2. The third-order valence-electron chi connectivity index (χ3n) is 3.78. The van der Waals surface area contributed by atoms with Crippen LogP contribution in [0.15, 0.2) is 22.7 Å². The van der Waals surface area contributed by atoms with Gasteiger partial charge < -0.3 is 19.7 Å². The van der Waals surface area contributed by atoms with E-state index in [4.69, 9.17) is 9.47 Å². The number of ether oxygens (including phenoxy) is 2. The van der Waals surface area contributed by atoms with Gasteiger partial charge in [0.05, 0.1) is 19.3 Å². The Morgan fingerprint density at radius 3 is 3.10 bits per heavy atom. The van der Waals surface area contributed by atoms with Crippen LogP contribution in [0.5, 0.6) is 0 Å². The molecule has 1 aliphatic heterocycles. The maximum atomic E-state index is 5.78. The summed E-state index contributed by atoms with van der Waals surface area (Å²) in [6.07, 6.45) is 1.40. The van der Waals surface area contributed by atoms with E-state index in [9.17, 15) is 0 Å². The van der Waals surface area contributed by atoms with Crippen LogP contribution in [0, 0.1) is 0 Å². The number of nitrogens with zero attached hydrogens (tertiary/aromatic N) is 1. The minimum Gasteiger partial charge on any atom is -0.383 e. The molecule has 1 heterocycles. The minimum atomic E-state index is 0.340. The van der Waals surface area contributed by atoms with Gasteiger partial charge in [-0.3, -0.25) is 0 Å². The van der Waals surface area contributed by atoms with Crippen molar-refractivity contribution in [3.8, 4) is 0 Å². The lowest BCUT2D eigenvalue weighted by Gasteiger charge is -2.35. The maximum absolute atomic E-state index is 5.78. The second-order valence-electron chi connectivity index (χ2n) is 5.29. The van der Waals surface area contributed by atoms with Crippen molar-refractivity contribution >= 4 is 21.6 Å². The molecule has 1 aliphatic rings. The van der Waals surface area contributed by atoms with Gasteiger partial charge in [0.1, 0.15) is 0 Å². The highest BCUT2D eigenvalue weighted by molar-refractivity contribution is 9.10. The smallest absolute Gasteiger partial charge is 0.0748 e. The highest BCUT2D eigenvalue weighted by atomic mass is 79.9. The zero-order chi connectivity index (χ0) is 15.1. The number of rotatable bonds is 7. The summed E-state index contributed by atoms with van der Waals surface area (Å²) in [5.41, 5.74) is 2.63. The van der Waals surface area contributed by atoms with E-state index in [1.165, 1.54) is 11.3 Å². The number of halogens is 1. The van der Waals surface area contributed by atoms with Gasteiger partial charge in [-0.25, -0.2) is 0 Å². The average Bonchev–Trinajstić information content (AvgIpc) is 2.52. The lowest BCUT2D eigenvalue weighted by molar-refractivity contribution is 0.0384. The second-order valence-corrected chi connectivity index (χ2v) is 6.21. The van der Waals surface area contributed by atoms with Gasteiger partial charge >= 0.3 is 0 Å². The van der Waals surface area contributed by atoms with Crippen LogP contribution in [0.4, 0.5) is 5.69 Å². The van der Waals surface area contributed by atoms with Crippen LogP contribution in [0.25, 0.3) is 0 Å². The topological polar surface area (TPSA) is 33.7 Å². The highest BCUT2D eigenvalue weighted by Gasteiger charge is 2.21. The third-order valence-corrected chi connectivity index (χ3v) is 4.27. The summed E-state index contributed by atoms with van der Waals surface area (Å²) in [5.74, 6) is 0. The van der Waals surface area contributed by atoms with E-state index < -0.39 is 0 Å². The third kappa shape index (κ3) is 4.95. The molecule has 118 valence electrons. The van der Waals surface area contributed by atoms with Crippen LogP contribution in [0.3, 0.4) is 0 Å². The van der Waals surface area contributed by atoms with Crippen molar-refractivity contribution in [1.29, 1.82) is 0 Å². The first kappa shape index (κ1) is 16.7. The molecule has 1 unspecified atom stereocenters. The molecule has 0 spiro atoms. The Balaban J connectivity index is 2.07. The van der Waals surface area contributed by atoms with Gasteiger partial charge in [0.25, 0.3) is 0 Å². The molecule has 1 atom stereocenters. The fourth-order valence-electron chi connectivity index (χ4n) is 2.56. The average molecular weight is 357 g/mol. The molecule has 0 amide bonds. The monoisotopic (exact) mass is 356 g/mol. The maximum Gasteiger partial charge on any atom is 0.0748 e. The molecule has 1 fully saturated rings. The van der Waals surface area contributed by atoms with Crippen molar-refractivity contribution in [3.63, 3.8) is 0 Å². The normalized spacial score (nSPS) is 19.0. The Labute approximate surface area is 135 Å². The molecule has 5 heteroatoms. The number of hydrogen-bond acceptors (Lipinski definition) is 4. The summed E-state index contributed by atoms with van der Waals surface area (Å²) in [6.45, 7) is 7.38. The zero-order valence-electron chi connectivity index (χ0n) is 12.9. The van der Waals surface area contributed by atoms with Crippen LogP contribution in [-0.2, 0) is 16.0 Å². The van der Waals surface area contributed by atoms with Crippen molar-refractivity contribution < 1.29 is 9.47 Å². The first-order valence-electron chi connectivity index (χ1n) is 7.59. The molecule has 0 bridgehead atoms. The van der Waals surface area contributed by atoms with E-state index in [1.807, 2.05) is 0 Å². The summed E-state index contributed by atoms with van der Waals surface area (Å²) >= 11 is 3.59. The first-order valence-corrected chi connectivity index (χ1v) is 8.38. The summed E-state index contributed by atoms with van der Waals surface area (Å²) in [5, 5.41) is 3.43. The largest absolute Gasteiger partial charge is 0.383 e. The molecular weight excluding hydrogens is 332 g/mol. The van der Waals surface area contributed by atoms with Gasteiger partial charge in [0, 0.05) is 43.4 Å². The Bertz CT molecular complexity index is 442. The van der Waals surface area contributed by atoms with Crippen molar-refractivity contribution in [3.05, 3.63) is 28.2 Å². The van der Waals surface area contributed by atoms with E-state index >= 15 is 0 Å². The number of benzene rings is 1. The standard InChI is InChI=1S/C16H25BrN2O2/c1-3-15-12-19(7-9-21-15)16-10-14(17)5-4-13(16)11-18-6-8-20-2/h4-5,10,15,18H,3,6-9,11-12H2,1-2H3. The molecule has 1 aromatic carbocycles. The molecule has 1 saturated heterocycles. The van der Waals surface area contributed by atoms with Crippen LogP contribution in [-0.4, -0.2) is 46.1 Å². The van der Waals surface area contributed by atoms with E-state index in [0.29, 0.717) is 6.10 Å².